The Balaban J connectivity index is 1.49. The van der Waals surface area contributed by atoms with Gasteiger partial charge in [-0.15, -0.1) is 0 Å². The van der Waals surface area contributed by atoms with Crippen molar-refractivity contribution in [3.05, 3.63) is 107 Å². The molecule has 2 aliphatic heterocycles. The van der Waals surface area contributed by atoms with Crippen LogP contribution in [0, 0.1) is 0 Å². The Hall–Kier alpha value is -4.97. The van der Waals surface area contributed by atoms with Crippen LogP contribution in [0.3, 0.4) is 0 Å². The van der Waals surface area contributed by atoms with Crippen molar-refractivity contribution in [2.45, 2.75) is 44.1 Å². The first kappa shape index (κ1) is 32.4. The predicted molar refractivity (Wildman–Crippen MR) is 161 cm³/mol. The van der Waals surface area contributed by atoms with E-state index in [2.05, 4.69) is 4.90 Å². The number of carbonyl (C=O) groups excluding carboxylic acids is 3. The molecule has 9 nitrogen and oxygen atoms in total. The van der Waals surface area contributed by atoms with Crippen molar-refractivity contribution < 1.29 is 42.2 Å². The molecule has 2 heterocycles. The van der Waals surface area contributed by atoms with Gasteiger partial charge in [-0.2, -0.15) is 13.2 Å². The molecule has 2 aliphatic rings. The molecule has 3 aromatic rings. The van der Waals surface area contributed by atoms with Crippen molar-refractivity contribution in [3.63, 3.8) is 0 Å². The highest BCUT2D eigenvalue weighted by molar-refractivity contribution is 6.20. The molecular weight excluding hydrogens is 603 g/mol. The van der Waals surface area contributed by atoms with E-state index in [1.54, 1.807) is 0 Å². The Bertz CT molecular complexity index is 1620. The Labute approximate surface area is 263 Å². The number of carbonyl (C=O) groups is 4. The lowest BCUT2D eigenvalue weighted by molar-refractivity contribution is -0.196. The quantitative estimate of drug-likeness (QED) is 0.259. The lowest BCUT2D eigenvalue weighted by atomic mass is 9.77. The number of likely N-dealkylation sites (tertiary alicyclic amines) is 1. The fraction of sp³-hybridized carbons (Fsp3) is 0.294. The number of hydrogen-bond acceptors (Lipinski definition) is 6. The van der Waals surface area contributed by atoms with Gasteiger partial charge in [-0.25, -0.2) is 4.79 Å². The van der Waals surface area contributed by atoms with Gasteiger partial charge in [0.05, 0.1) is 5.54 Å². The molecule has 1 spiro atoms. The van der Waals surface area contributed by atoms with Gasteiger partial charge >= 0.3 is 18.1 Å². The van der Waals surface area contributed by atoms with E-state index in [4.69, 9.17) is 9.84 Å². The van der Waals surface area contributed by atoms with Gasteiger partial charge in [-0.05, 0) is 35.1 Å². The molecule has 0 radical (unpaired) electrons. The maximum atomic E-state index is 14.2. The van der Waals surface area contributed by atoms with Gasteiger partial charge < -0.3 is 20.1 Å². The summed E-state index contributed by atoms with van der Waals surface area (Å²) in [6, 6.07) is 26.8. The minimum atomic E-state index is -5.39. The Morgan fingerprint density at radius 3 is 1.98 bits per heavy atom. The molecular formula is C34H32F3N3O6. The Kier molecular flexibility index (Phi) is 9.57. The second kappa shape index (κ2) is 13.6. The number of carboxylic acid groups (broad SMARTS) is 1. The third kappa shape index (κ3) is 7.45. The first-order valence-electron chi connectivity index (χ1n) is 14.7. The van der Waals surface area contributed by atoms with Crippen molar-refractivity contribution in [2.75, 3.05) is 19.6 Å². The first-order chi connectivity index (χ1) is 21.9. The summed E-state index contributed by atoms with van der Waals surface area (Å²) in [5.41, 5.74) is 1.80. The number of ether oxygens (including phenoxy) is 1. The SMILES string of the molecule is O=C(O)CNC(=O)C1=C(OC(=O)C(F)(F)F)CC2(CCN(Cc3ccccc3)CC2)N(Cc2ccc(-c3ccccc3)cc2)C1=O. The fourth-order valence-electron chi connectivity index (χ4n) is 5.95. The molecule has 0 atom stereocenters. The standard InChI is InChI=1S/C34H32F3N3O6/c35-34(36,37)32(45)46-27-19-33(15-17-39(18-16-33)21-23-7-3-1-4-8-23)40(31(44)29(27)30(43)38-20-28(41)42)22-24-11-13-26(14-12-24)25-9-5-2-6-10-25/h1-14H,15-22H2,(H,38,43)(H,41,42). The number of halogens is 3. The van der Waals surface area contributed by atoms with E-state index in [1.807, 2.05) is 90.2 Å². The topological polar surface area (TPSA) is 116 Å². The smallest absolute Gasteiger partial charge is 0.480 e. The van der Waals surface area contributed by atoms with Gasteiger partial charge in [0.1, 0.15) is 17.9 Å². The second-order valence-electron chi connectivity index (χ2n) is 11.4. The van der Waals surface area contributed by atoms with Gasteiger partial charge in [-0.1, -0.05) is 84.9 Å². The molecule has 1 saturated heterocycles. The van der Waals surface area contributed by atoms with E-state index in [0.29, 0.717) is 38.0 Å². The van der Waals surface area contributed by atoms with Crippen LogP contribution in [0.25, 0.3) is 11.1 Å². The summed E-state index contributed by atoms with van der Waals surface area (Å²) in [6.45, 7) is 0.708. The number of carboxylic acids is 1. The van der Waals surface area contributed by atoms with Gasteiger partial charge in [0.15, 0.2) is 0 Å². The van der Waals surface area contributed by atoms with Gasteiger partial charge in [0.2, 0.25) is 0 Å². The zero-order chi connectivity index (χ0) is 32.9. The van der Waals surface area contributed by atoms with Crippen LogP contribution in [0.1, 0.15) is 30.4 Å². The van der Waals surface area contributed by atoms with E-state index in [-0.39, 0.29) is 13.0 Å². The van der Waals surface area contributed by atoms with Gasteiger partial charge in [0, 0.05) is 32.6 Å². The lowest BCUT2D eigenvalue weighted by Gasteiger charge is -2.51. The minimum absolute atomic E-state index is 0.0167. The largest absolute Gasteiger partial charge is 0.491 e. The fourth-order valence-corrected chi connectivity index (χ4v) is 5.95. The number of rotatable bonds is 9. The molecule has 12 heteroatoms. The van der Waals surface area contributed by atoms with Gasteiger partial charge in [0.25, 0.3) is 11.8 Å². The number of alkyl halides is 3. The van der Waals surface area contributed by atoms with Crippen LogP contribution in [0.2, 0.25) is 0 Å². The average molecular weight is 636 g/mol. The number of benzene rings is 3. The predicted octanol–water partition coefficient (Wildman–Crippen LogP) is 4.68. The van der Waals surface area contributed by atoms with Crippen LogP contribution >= 0.6 is 0 Å². The van der Waals surface area contributed by atoms with Gasteiger partial charge in [-0.3, -0.25) is 19.3 Å². The van der Waals surface area contributed by atoms with Crippen LogP contribution < -0.4 is 5.32 Å². The van der Waals surface area contributed by atoms with E-state index < -0.39 is 53.3 Å². The number of aliphatic carboxylic acids is 1. The van der Waals surface area contributed by atoms with Crippen molar-refractivity contribution in [2.24, 2.45) is 0 Å². The zero-order valence-electron chi connectivity index (χ0n) is 24.8. The van der Waals surface area contributed by atoms with Crippen molar-refractivity contribution in [1.29, 1.82) is 0 Å². The molecule has 1 fully saturated rings. The summed E-state index contributed by atoms with van der Waals surface area (Å²) in [5.74, 6) is -6.90. The number of nitrogens with one attached hydrogen (secondary N) is 1. The van der Waals surface area contributed by atoms with E-state index in [0.717, 1.165) is 16.7 Å². The molecule has 0 aromatic heterocycles. The molecule has 0 aliphatic carbocycles. The lowest BCUT2D eigenvalue weighted by Crippen LogP contribution is -2.61. The Morgan fingerprint density at radius 1 is 0.826 bits per heavy atom. The highest BCUT2D eigenvalue weighted by Gasteiger charge is 2.52. The molecule has 2 amide bonds. The highest BCUT2D eigenvalue weighted by Crippen LogP contribution is 2.42. The number of amides is 2. The number of hydrogen-bond donors (Lipinski definition) is 2. The normalized spacial score (nSPS) is 16.8. The molecule has 2 N–H and O–H groups in total. The number of esters is 1. The summed E-state index contributed by atoms with van der Waals surface area (Å²) in [7, 11) is 0. The maximum Gasteiger partial charge on any atom is 0.491 e. The number of piperidine rings is 1. The first-order valence-corrected chi connectivity index (χ1v) is 14.7. The highest BCUT2D eigenvalue weighted by atomic mass is 19.4. The molecule has 3 aromatic carbocycles. The molecule has 0 bridgehead atoms. The maximum absolute atomic E-state index is 14.2. The molecule has 5 rings (SSSR count). The molecule has 0 saturated carbocycles. The number of nitrogens with zero attached hydrogens (tertiary/aromatic N) is 2. The van der Waals surface area contributed by atoms with Crippen molar-refractivity contribution in [3.8, 4) is 11.1 Å². The summed E-state index contributed by atoms with van der Waals surface area (Å²) in [6.07, 6.45) is -5.07. The third-order valence-corrected chi connectivity index (χ3v) is 8.31. The second-order valence-corrected chi connectivity index (χ2v) is 11.4. The van der Waals surface area contributed by atoms with Crippen LogP contribution in [0.5, 0.6) is 0 Å². The summed E-state index contributed by atoms with van der Waals surface area (Å²) in [5, 5.41) is 11.1. The summed E-state index contributed by atoms with van der Waals surface area (Å²) in [4.78, 5) is 54.0. The monoisotopic (exact) mass is 635 g/mol. The molecule has 46 heavy (non-hydrogen) atoms. The molecule has 0 unspecified atom stereocenters. The molecule has 240 valence electrons. The van der Waals surface area contributed by atoms with Crippen molar-refractivity contribution in [1.82, 2.24) is 15.1 Å². The third-order valence-electron chi connectivity index (χ3n) is 8.31. The van der Waals surface area contributed by atoms with E-state index >= 15 is 0 Å². The summed E-state index contributed by atoms with van der Waals surface area (Å²) >= 11 is 0. The van der Waals surface area contributed by atoms with E-state index in [9.17, 15) is 32.3 Å². The van der Waals surface area contributed by atoms with Crippen molar-refractivity contribution >= 4 is 23.8 Å². The van der Waals surface area contributed by atoms with Crippen LogP contribution in [-0.4, -0.2) is 70.0 Å². The minimum Gasteiger partial charge on any atom is -0.480 e. The average Bonchev–Trinajstić information content (AvgIpc) is 3.04. The van der Waals surface area contributed by atoms with Crippen LogP contribution in [0.4, 0.5) is 13.2 Å². The van der Waals surface area contributed by atoms with E-state index in [1.165, 1.54) is 4.90 Å². The Morgan fingerprint density at radius 2 is 1.39 bits per heavy atom. The zero-order valence-corrected chi connectivity index (χ0v) is 24.8. The van der Waals surface area contributed by atoms with Crippen LogP contribution in [-0.2, 0) is 37.0 Å². The summed E-state index contributed by atoms with van der Waals surface area (Å²) < 4.78 is 44.7. The van der Waals surface area contributed by atoms with Crippen LogP contribution in [0.15, 0.2) is 96.3 Å².